The van der Waals surface area contributed by atoms with Gasteiger partial charge in [0.2, 0.25) is 5.91 Å². The summed E-state index contributed by atoms with van der Waals surface area (Å²) in [7, 11) is 0. The van der Waals surface area contributed by atoms with Gasteiger partial charge in [-0.3, -0.25) is 9.69 Å². The zero-order valence-electron chi connectivity index (χ0n) is 13.6. The highest BCUT2D eigenvalue weighted by Gasteiger charge is 2.25. The predicted octanol–water partition coefficient (Wildman–Crippen LogP) is 5.50. The molecule has 0 atom stereocenters. The second kappa shape index (κ2) is 8.41. The molecule has 1 aliphatic rings. The van der Waals surface area contributed by atoms with Crippen LogP contribution in [0.5, 0.6) is 0 Å². The third-order valence-electron chi connectivity index (χ3n) is 4.46. The zero-order chi connectivity index (χ0) is 17.8. The second-order valence-electron chi connectivity index (χ2n) is 6.29. The maximum Gasteiger partial charge on any atom is 0.227 e. The summed E-state index contributed by atoms with van der Waals surface area (Å²) in [6.45, 7) is 2.51. The largest absolute Gasteiger partial charge is 0.326 e. The predicted molar refractivity (Wildman–Crippen MR) is 105 cm³/mol. The Labute approximate surface area is 162 Å². The molecule has 1 fully saturated rings. The molecule has 1 N–H and O–H groups in total. The number of likely N-dealkylation sites (tertiary alicyclic amines) is 1. The van der Waals surface area contributed by atoms with Crippen LogP contribution >= 0.6 is 34.8 Å². The van der Waals surface area contributed by atoms with Crippen LogP contribution in [0, 0.1) is 5.92 Å². The molecule has 132 valence electrons. The molecule has 3 nitrogen and oxygen atoms in total. The standard InChI is InChI=1S/C19H19Cl3N2O/c20-15-2-1-3-17(10-15)23-19(25)13-6-8-24(9-7-13)12-14-4-5-16(21)11-18(14)22/h1-5,10-11,13H,6-9,12H2,(H,23,25). The highest BCUT2D eigenvalue weighted by molar-refractivity contribution is 6.35. The van der Waals surface area contributed by atoms with E-state index in [9.17, 15) is 4.79 Å². The van der Waals surface area contributed by atoms with Gasteiger partial charge in [0.25, 0.3) is 0 Å². The Balaban J connectivity index is 1.52. The molecule has 0 saturated carbocycles. The lowest BCUT2D eigenvalue weighted by Crippen LogP contribution is -2.37. The molecule has 0 aromatic heterocycles. The van der Waals surface area contributed by atoms with Gasteiger partial charge in [0.05, 0.1) is 0 Å². The summed E-state index contributed by atoms with van der Waals surface area (Å²) in [5.74, 6) is 0.0855. The molecule has 0 radical (unpaired) electrons. The highest BCUT2D eigenvalue weighted by atomic mass is 35.5. The Morgan fingerprint density at radius 1 is 1.04 bits per heavy atom. The molecule has 1 amide bonds. The van der Waals surface area contributed by atoms with Gasteiger partial charge >= 0.3 is 0 Å². The number of nitrogens with zero attached hydrogens (tertiary/aromatic N) is 1. The summed E-state index contributed by atoms with van der Waals surface area (Å²) < 4.78 is 0. The van der Waals surface area contributed by atoms with Crippen molar-refractivity contribution in [2.24, 2.45) is 5.92 Å². The van der Waals surface area contributed by atoms with E-state index < -0.39 is 0 Å². The van der Waals surface area contributed by atoms with Gasteiger partial charge in [-0.05, 0) is 61.8 Å². The lowest BCUT2D eigenvalue weighted by Gasteiger charge is -2.31. The lowest BCUT2D eigenvalue weighted by atomic mass is 9.95. The summed E-state index contributed by atoms with van der Waals surface area (Å²) in [5.41, 5.74) is 1.81. The van der Waals surface area contributed by atoms with Gasteiger partial charge in [-0.15, -0.1) is 0 Å². The Bertz CT molecular complexity index is 758. The highest BCUT2D eigenvalue weighted by Crippen LogP contribution is 2.25. The van der Waals surface area contributed by atoms with Crippen LogP contribution in [-0.2, 0) is 11.3 Å². The van der Waals surface area contributed by atoms with Crippen LogP contribution in [0.15, 0.2) is 42.5 Å². The van der Waals surface area contributed by atoms with E-state index in [0.29, 0.717) is 15.1 Å². The molecule has 1 aliphatic heterocycles. The third kappa shape index (κ3) is 5.11. The minimum Gasteiger partial charge on any atom is -0.326 e. The van der Waals surface area contributed by atoms with Crippen molar-refractivity contribution in [3.05, 3.63) is 63.1 Å². The van der Waals surface area contributed by atoms with E-state index in [4.69, 9.17) is 34.8 Å². The van der Waals surface area contributed by atoms with Crippen LogP contribution in [0.4, 0.5) is 5.69 Å². The SMILES string of the molecule is O=C(Nc1cccc(Cl)c1)C1CCN(Cc2ccc(Cl)cc2Cl)CC1. The number of hydrogen-bond donors (Lipinski definition) is 1. The molecule has 1 saturated heterocycles. The third-order valence-corrected chi connectivity index (χ3v) is 5.28. The fourth-order valence-corrected chi connectivity index (χ4v) is 3.71. The number of nitrogens with one attached hydrogen (secondary N) is 1. The topological polar surface area (TPSA) is 32.3 Å². The first-order chi connectivity index (χ1) is 12.0. The van der Waals surface area contributed by atoms with Crippen molar-refractivity contribution in [3.63, 3.8) is 0 Å². The molecule has 2 aromatic rings. The first-order valence-corrected chi connectivity index (χ1v) is 9.37. The monoisotopic (exact) mass is 396 g/mol. The number of carbonyl (C=O) groups excluding carboxylic acids is 1. The molecule has 3 rings (SSSR count). The van der Waals surface area contributed by atoms with Gasteiger partial charge in [-0.1, -0.05) is 46.9 Å². The van der Waals surface area contributed by atoms with Crippen molar-refractivity contribution in [2.45, 2.75) is 19.4 Å². The Hall–Kier alpha value is -1.26. The summed E-state index contributed by atoms with van der Waals surface area (Å²) in [4.78, 5) is 14.7. The molecule has 1 heterocycles. The van der Waals surface area contributed by atoms with Crippen molar-refractivity contribution in [1.82, 2.24) is 4.90 Å². The number of hydrogen-bond acceptors (Lipinski definition) is 2. The number of benzene rings is 2. The minimum absolute atomic E-state index is 0.0240. The quantitative estimate of drug-likeness (QED) is 0.739. The van der Waals surface area contributed by atoms with Crippen molar-refractivity contribution in [2.75, 3.05) is 18.4 Å². The second-order valence-corrected chi connectivity index (χ2v) is 7.57. The Morgan fingerprint density at radius 2 is 1.76 bits per heavy atom. The maximum absolute atomic E-state index is 12.4. The summed E-state index contributed by atoms with van der Waals surface area (Å²) in [6, 6.07) is 12.8. The molecule has 2 aromatic carbocycles. The average molecular weight is 398 g/mol. The van der Waals surface area contributed by atoms with E-state index in [0.717, 1.165) is 43.7 Å². The van der Waals surface area contributed by atoms with Crippen LogP contribution in [0.3, 0.4) is 0 Å². The van der Waals surface area contributed by atoms with Gasteiger partial charge in [0.15, 0.2) is 0 Å². The molecule has 0 unspecified atom stereocenters. The van der Waals surface area contributed by atoms with E-state index in [2.05, 4.69) is 10.2 Å². The molecule has 6 heteroatoms. The molecule has 0 bridgehead atoms. The number of amides is 1. The Kier molecular flexibility index (Phi) is 6.24. The Morgan fingerprint density at radius 3 is 2.44 bits per heavy atom. The maximum atomic E-state index is 12.4. The van der Waals surface area contributed by atoms with Gasteiger partial charge in [-0.25, -0.2) is 0 Å². The number of carbonyl (C=O) groups is 1. The molecule has 25 heavy (non-hydrogen) atoms. The van der Waals surface area contributed by atoms with Crippen molar-refractivity contribution >= 4 is 46.4 Å². The van der Waals surface area contributed by atoms with Crippen LogP contribution in [0.25, 0.3) is 0 Å². The first kappa shape index (κ1) is 18.5. The molecule has 0 aliphatic carbocycles. The van der Waals surface area contributed by atoms with E-state index in [1.54, 1.807) is 18.2 Å². The van der Waals surface area contributed by atoms with Gasteiger partial charge in [0.1, 0.15) is 0 Å². The van der Waals surface area contributed by atoms with Crippen LogP contribution in [0.1, 0.15) is 18.4 Å². The average Bonchev–Trinajstić information content (AvgIpc) is 2.58. The van der Waals surface area contributed by atoms with E-state index in [-0.39, 0.29) is 11.8 Å². The fourth-order valence-electron chi connectivity index (χ4n) is 3.05. The van der Waals surface area contributed by atoms with Crippen molar-refractivity contribution < 1.29 is 4.79 Å². The molecular weight excluding hydrogens is 379 g/mol. The molecule has 0 spiro atoms. The normalized spacial score (nSPS) is 16.0. The van der Waals surface area contributed by atoms with Crippen molar-refractivity contribution in [1.29, 1.82) is 0 Å². The minimum atomic E-state index is 0.0240. The first-order valence-electron chi connectivity index (χ1n) is 8.24. The summed E-state index contributed by atoms with van der Waals surface area (Å²) in [6.07, 6.45) is 1.66. The summed E-state index contributed by atoms with van der Waals surface area (Å²) >= 11 is 18.1. The molecular formula is C19H19Cl3N2O. The number of rotatable bonds is 4. The number of anilines is 1. The lowest BCUT2D eigenvalue weighted by molar-refractivity contribution is -0.121. The van der Waals surface area contributed by atoms with Gasteiger partial charge in [0, 0.05) is 33.2 Å². The fraction of sp³-hybridized carbons (Fsp3) is 0.316. The van der Waals surface area contributed by atoms with Gasteiger partial charge in [-0.2, -0.15) is 0 Å². The summed E-state index contributed by atoms with van der Waals surface area (Å²) in [5, 5.41) is 4.90. The van der Waals surface area contributed by atoms with Crippen molar-refractivity contribution in [3.8, 4) is 0 Å². The van der Waals surface area contributed by atoms with E-state index >= 15 is 0 Å². The zero-order valence-corrected chi connectivity index (χ0v) is 15.9. The smallest absolute Gasteiger partial charge is 0.227 e. The van der Waals surface area contributed by atoms with Crippen LogP contribution in [0.2, 0.25) is 15.1 Å². The van der Waals surface area contributed by atoms with E-state index in [1.807, 2.05) is 24.3 Å². The van der Waals surface area contributed by atoms with Crippen LogP contribution in [-0.4, -0.2) is 23.9 Å². The number of piperidine rings is 1. The number of halogens is 3. The van der Waals surface area contributed by atoms with Crippen LogP contribution < -0.4 is 5.32 Å². The van der Waals surface area contributed by atoms with E-state index in [1.165, 1.54) is 0 Å². The van der Waals surface area contributed by atoms with Gasteiger partial charge < -0.3 is 5.32 Å².